The lowest BCUT2D eigenvalue weighted by atomic mass is 9.74. The maximum absolute atomic E-state index is 12.1. The van der Waals surface area contributed by atoms with E-state index in [-0.39, 0.29) is 36.4 Å². The molecule has 1 amide bonds. The van der Waals surface area contributed by atoms with Gasteiger partial charge in [-0.1, -0.05) is 47.5 Å². The largest absolute Gasteiger partial charge is 0.481 e. The third-order valence-corrected chi connectivity index (χ3v) is 7.85. The highest BCUT2D eigenvalue weighted by atomic mass is 35.5. The minimum atomic E-state index is -0.855. The van der Waals surface area contributed by atoms with Crippen molar-refractivity contribution in [1.82, 2.24) is 10.2 Å². The summed E-state index contributed by atoms with van der Waals surface area (Å²) in [5.74, 6) is -0.818. The van der Waals surface area contributed by atoms with E-state index in [1.807, 2.05) is 45.0 Å². The Morgan fingerprint density at radius 3 is 1.73 bits per heavy atom. The minimum absolute atomic E-state index is 0. The van der Waals surface area contributed by atoms with E-state index in [0.29, 0.717) is 37.4 Å². The van der Waals surface area contributed by atoms with Crippen LogP contribution in [0.5, 0.6) is 0 Å². The number of rotatable bonds is 5. The second-order valence-electron chi connectivity index (χ2n) is 11.8. The van der Waals surface area contributed by atoms with E-state index in [0.717, 1.165) is 42.9 Å². The Morgan fingerprint density at radius 1 is 0.878 bits per heavy atom. The Bertz CT molecular complexity index is 1090. The molecule has 41 heavy (non-hydrogen) atoms. The number of likely N-dealkylation sites (tertiary alicyclic amines) is 1. The molecule has 4 N–H and O–H groups in total. The van der Waals surface area contributed by atoms with Gasteiger partial charge in [-0.25, -0.2) is 4.79 Å². The monoisotopic (exact) mass is 649 g/mol. The number of ether oxygens (including phenoxy) is 1. The fourth-order valence-electron chi connectivity index (χ4n) is 5.01. The van der Waals surface area contributed by atoms with Crippen molar-refractivity contribution < 1.29 is 19.4 Å². The smallest absolute Gasteiger partial charge is 0.410 e. The number of hydrogen-bond acceptors (Lipinski definition) is 5. The molecule has 2 aromatic rings. The lowest BCUT2D eigenvalue weighted by Gasteiger charge is -2.39. The summed E-state index contributed by atoms with van der Waals surface area (Å²) in [6, 6.07) is 15.2. The highest BCUT2D eigenvalue weighted by Gasteiger charge is 2.43. The molecule has 2 fully saturated rings. The van der Waals surface area contributed by atoms with Crippen molar-refractivity contribution in [1.29, 1.82) is 0 Å². The van der Waals surface area contributed by atoms with Gasteiger partial charge in [0.25, 0.3) is 0 Å². The first-order chi connectivity index (χ1) is 18.3. The summed E-state index contributed by atoms with van der Waals surface area (Å²) < 4.78 is 5.36. The lowest BCUT2D eigenvalue weighted by molar-refractivity contribution is -0.152. The number of hydrogen-bond donors (Lipinski definition) is 3. The van der Waals surface area contributed by atoms with Gasteiger partial charge >= 0.3 is 12.1 Å². The predicted molar refractivity (Wildman–Crippen MR) is 171 cm³/mol. The number of nitrogens with two attached hydrogens (primary N) is 1. The molecule has 2 aromatic carbocycles. The molecule has 0 unspecified atom stereocenters. The van der Waals surface area contributed by atoms with E-state index in [2.05, 4.69) is 17.4 Å². The molecule has 230 valence electrons. The molecular formula is C30H43Cl4N3O4. The molecule has 0 aromatic heterocycles. The van der Waals surface area contributed by atoms with Crippen LogP contribution in [0.4, 0.5) is 4.79 Å². The summed E-state index contributed by atoms with van der Waals surface area (Å²) in [4.78, 5) is 25.6. The first kappa shape index (κ1) is 37.3. The molecule has 2 heterocycles. The number of carboxylic acids is 1. The second kappa shape index (κ2) is 16.2. The molecule has 0 saturated carbocycles. The first-order valence-corrected chi connectivity index (χ1v) is 14.2. The number of carboxylic acid groups (broad SMARTS) is 1. The zero-order valence-electron chi connectivity index (χ0n) is 24.0. The maximum Gasteiger partial charge on any atom is 0.410 e. The van der Waals surface area contributed by atoms with Crippen molar-refractivity contribution in [3.8, 4) is 0 Å². The van der Waals surface area contributed by atoms with Crippen LogP contribution in [0.1, 0.15) is 57.6 Å². The molecule has 0 radical (unpaired) electrons. The summed E-state index contributed by atoms with van der Waals surface area (Å²) >= 11 is 11.7. The van der Waals surface area contributed by atoms with Crippen molar-refractivity contribution in [3.05, 3.63) is 69.7 Å². The number of carbonyl (C=O) groups is 2. The van der Waals surface area contributed by atoms with Gasteiger partial charge in [0.1, 0.15) is 5.60 Å². The number of halogens is 4. The van der Waals surface area contributed by atoms with Crippen LogP contribution in [0, 0.1) is 5.41 Å². The molecule has 11 heteroatoms. The highest BCUT2D eigenvalue weighted by molar-refractivity contribution is 6.30. The van der Waals surface area contributed by atoms with E-state index < -0.39 is 17.0 Å². The summed E-state index contributed by atoms with van der Waals surface area (Å²) in [6.45, 7) is 8.28. The van der Waals surface area contributed by atoms with Crippen molar-refractivity contribution in [2.45, 2.75) is 70.4 Å². The van der Waals surface area contributed by atoms with Gasteiger partial charge < -0.3 is 25.8 Å². The minimum Gasteiger partial charge on any atom is -0.481 e. The standard InChI is InChI=1S/C18H24ClNO4.C12H17ClN2.2ClH/c1-17(2,3)24-16(23)20-10-8-18(9-11-20,15(21)22)12-13-4-6-14(19)7-5-13;13-11-3-1-10(2-4-11)9-12(14)5-7-15-8-6-12;;/h4-7H,8-12H2,1-3H3,(H,21,22);1-4,15H,5-9,14H2;2*1H. The van der Waals surface area contributed by atoms with Gasteiger partial charge in [0.05, 0.1) is 5.41 Å². The van der Waals surface area contributed by atoms with Crippen LogP contribution in [-0.4, -0.2) is 59.4 Å². The molecular weight excluding hydrogens is 608 g/mol. The zero-order chi connectivity index (χ0) is 28.7. The molecule has 0 spiro atoms. The van der Waals surface area contributed by atoms with E-state index in [4.69, 9.17) is 33.7 Å². The summed E-state index contributed by atoms with van der Waals surface area (Å²) in [7, 11) is 0. The molecule has 2 aliphatic rings. The van der Waals surface area contributed by atoms with Gasteiger partial charge in [0.2, 0.25) is 0 Å². The van der Waals surface area contributed by atoms with Gasteiger partial charge in [-0.3, -0.25) is 4.79 Å². The number of carbonyl (C=O) groups excluding carboxylic acids is 1. The molecule has 2 saturated heterocycles. The van der Waals surface area contributed by atoms with E-state index >= 15 is 0 Å². The Hall–Kier alpha value is -1.74. The van der Waals surface area contributed by atoms with Crippen molar-refractivity contribution in [3.63, 3.8) is 0 Å². The van der Waals surface area contributed by atoms with Crippen LogP contribution in [0.2, 0.25) is 10.0 Å². The van der Waals surface area contributed by atoms with Crippen LogP contribution in [0.15, 0.2) is 48.5 Å². The molecule has 2 aliphatic heterocycles. The van der Waals surface area contributed by atoms with E-state index in [9.17, 15) is 14.7 Å². The van der Waals surface area contributed by atoms with Crippen LogP contribution < -0.4 is 11.1 Å². The third kappa shape index (κ3) is 11.8. The predicted octanol–water partition coefficient (Wildman–Crippen LogP) is 6.79. The first-order valence-electron chi connectivity index (χ1n) is 13.5. The SMILES string of the molecule is CC(C)(C)OC(=O)N1CCC(Cc2ccc(Cl)cc2)(C(=O)O)CC1.Cl.Cl.NC1(Cc2ccc(Cl)cc2)CCNCC1. The van der Waals surface area contributed by atoms with E-state index in [1.54, 1.807) is 17.0 Å². The van der Waals surface area contributed by atoms with Gasteiger partial charge in [-0.2, -0.15) is 0 Å². The molecule has 0 atom stereocenters. The second-order valence-corrected chi connectivity index (χ2v) is 12.6. The van der Waals surface area contributed by atoms with Crippen molar-refractivity contribution in [2.24, 2.45) is 11.1 Å². The number of aliphatic carboxylic acids is 1. The Balaban J connectivity index is 0.000000428. The molecule has 7 nitrogen and oxygen atoms in total. The maximum atomic E-state index is 12.1. The zero-order valence-corrected chi connectivity index (χ0v) is 27.1. The summed E-state index contributed by atoms with van der Waals surface area (Å²) in [6.07, 6.45) is 3.92. The van der Waals surface area contributed by atoms with Gasteiger partial charge in [0, 0.05) is 28.7 Å². The number of amides is 1. The van der Waals surface area contributed by atoms with Gasteiger partial charge in [0.15, 0.2) is 0 Å². The third-order valence-electron chi connectivity index (χ3n) is 7.35. The molecule has 4 rings (SSSR count). The van der Waals surface area contributed by atoms with Gasteiger partial charge in [-0.05, 0) is 108 Å². The number of benzene rings is 2. The fourth-order valence-corrected chi connectivity index (χ4v) is 5.27. The quantitative estimate of drug-likeness (QED) is 0.329. The van der Waals surface area contributed by atoms with Gasteiger partial charge in [-0.15, -0.1) is 24.8 Å². The van der Waals surface area contributed by atoms with Crippen LogP contribution >= 0.6 is 48.0 Å². The molecule has 0 aliphatic carbocycles. The Morgan fingerprint density at radius 2 is 1.32 bits per heavy atom. The number of nitrogens with one attached hydrogen (secondary N) is 1. The van der Waals surface area contributed by atoms with Crippen molar-refractivity contribution in [2.75, 3.05) is 26.2 Å². The van der Waals surface area contributed by atoms with Crippen LogP contribution in [0.25, 0.3) is 0 Å². The Kier molecular flexibility index (Phi) is 14.7. The average molecular weight is 652 g/mol. The fraction of sp³-hybridized carbons (Fsp3) is 0.533. The average Bonchev–Trinajstić information content (AvgIpc) is 2.87. The number of piperidine rings is 2. The highest BCUT2D eigenvalue weighted by Crippen LogP contribution is 2.36. The normalized spacial score (nSPS) is 17.6. The van der Waals surface area contributed by atoms with Crippen molar-refractivity contribution >= 4 is 60.1 Å². The Labute approximate surface area is 266 Å². The van der Waals surface area contributed by atoms with Crippen LogP contribution in [0.3, 0.4) is 0 Å². The topological polar surface area (TPSA) is 105 Å². The van der Waals surface area contributed by atoms with E-state index in [1.165, 1.54) is 5.56 Å². The number of nitrogens with zero attached hydrogens (tertiary/aromatic N) is 1. The van der Waals surface area contributed by atoms with Crippen LogP contribution in [-0.2, 0) is 22.4 Å². The lowest BCUT2D eigenvalue weighted by Crippen LogP contribution is -2.50. The summed E-state index contributed by atoms with van der Waals surface area (Å²) in [5.41, 5.74) is 7.14. The summed E-state index contributed by atoms with van der Waals surface area (Å²) in [5, 5.41) is 14.5. The molecule has 0 bridgehead atoms.